The van der Waals surface area contributed by atoms with Gasteiger partial charge in [0.2, 0.25) is 0 Å². The minimum atomic E-state index is 0.0409. The highest BCUT2D eigenvalue weighted by Crippen LogP contribution is 2.23. The molecule has 0 unspecified atom stereocenters. The van der Waals surface area contributed by atoms with Crippen molar-refractivity contribution in [2.75, 3.05) is 0 Å². The molecule has 0 spiro atoms. The molecule has 1 aliphatic carbocycles. The molecule has 1 nitrogen and oxygen atoms in total. The van der Waals surface area contributed by atoms with Crippen LogP contribution < -0.4 is 0 Å². The van der Waals surface area contributed by atoms with Crippen LogP contribution in [-0.4, -0.2) is 5.78 Å². The van der Waals surface area contributed by atoms with Crippen LogP contribution in [0.2, 0.25) is 0 Å². The van der Waals surface area contributed by atoms with Gasteiger partial charge < -0.3 is 0 Å². The van der Waals surface area contributed by atoms with Gasteiger partial charge >= 0.3 is 0 Å². The van der Waals surface area contributed by atoms with Crippen molar-refractivity contribution in [3.8, 4) is 0 Å². The molecule has 0 amide bonds. The van der Waals surface area contributed by atoms with Crippen molar-refractivity contribution in [3.63, 3.8) is 0 Å². The Morgan fingerprint density at radius 3 is 1.82 bits per heavy atom. The second-order valence-corrected chi connectivity index (χ2v) is 5.02. The minimum Gasteiger partial charge on any atom is -0.289 e. The summed E-state index contributed by atoms with van der Waals surface area (Å²) in [6, 6.07) is 20.4. The second kappa shape index (κ2) is 6.68. The fraction of sp³-hybridized carbons (Fsp3) is 0. The van der Waals surface area contributed by atoms with E-state index in [4.69, 9.17) is 0 Å². The molecular weight excluding hydrogens is 268 g/mol. The van der Waals surface area contributed by atoms with Gasteiger partial charge in [-0.1, -0.05) is 91.0 Å². The maximum atomic E-state index is 11.8. The third kappa shape index (κ3) is 3.21. The van der Waals surface area contributed by atoms with Gasteiger partial charge in [0.15, 0.2) is 5.78 Å². The molecule has 2 aromatic rings. The predicted octanol–water partition coefficient (Wildman–Crippen LogP) is 4.74. The minimum absolute atomic E-state index is 0.0409. The molecule has 1 heteroatoms. The fourth-order valence-corrected chi connectivity index (χ4v) is 2.39. The zero-order valence-corrected chi connectivity index (χ0v) is 12.1. The molecule has 0 aliphatic heterocycles. The zero-order valence-electron chi connectivity index (χ0n) is 12.1. The molecule has 0 heterocycles. The van der Waals surface area contributed by atoms with Crippen LogP contribution in [0.5, 0.6) is 0 Å². The Labute approximate surface area is 130 Å². The maximum absolute atomic E-state index is 11.8. The normalized spacial score (nSPS) is 15.1. The summed E-state index contributed by atoms with van der Waals surface area (Å²) in [6.07, 6.45) is 11.0. The Balaban J connectivity index is 2.05. The van der Waals surface area contributed by atoms with Gasteiger partial charge in [-0.25, -0.2) is 0 Å². The Kier molecular flexibility index (Phi) is 4.26. The van der Waals surface area contributed by atoms with E-state index in [0.29, 0.717) is 5.57 Å². The quantitative estimate of drug-likeness (QED) is 0.744. The van der Waals surface area contributed by atoms with E-state index in [-0.39, 0.29) is 5.78 Å². The van der Waals surface area contributed by atoms with Crippen LogP contribution in [-0.2, 0) is 4.79 Å². The van der Waals surface area contributed by atoms with Gasteiger partial charge in [0.25, 0.3) is 0 Å². The van der Waals surface area contributed by atoms with Gasteiger partial charge in [0.1, 0.15) is 0 Å². The third-order valence-corrected chi connectivity index (χ3v) is 3.52. The summed E-state index contributed by atoms with van der Waals surface area (Å²) >= 11 is 0. The first kappa shape index (κ1) is 14.0. The molecule has 0 bridgehead atoms. The van der Waals surface area contributed by atoms with E-state index in [1.165, 1.54) is 0 Å². The molecule has 0 atom stereocenters. The summed E-state index contributed by atoms with van der Waals surface area (Å²) in [7, 11) is 0. The topological polar surface area (TPSA) is 17.1 Å². The van der Waals surface area contributed by atoms with Crippen molar-refractivity contribution < 1.29 is 4.79 Å². The Morgan fingerprint density at radius 2 is 1.27 bits per heavy atom. The molecule has 0 aromatic heterocycles. The zero-order chi connectivity index (χ0) is 15.2. The standard InChI is InChI=1S/C21H16O/c22-21-14-8-7-13-19(21)15-16-20(17-9-3-1-4-10-17)18-11-5-2-6-12-18/h1-16H/b19-15+. The average molecular weight is 284 g/mol. The first-order valence-corrected chi connectivity index (χ1v) is 7.26. The van der Waals surface area contributed by atoms with E-state index in [1.807, 2.05) is 60.7 Å². The molecular formula is C21H16O. The highest BCUT2D eigenvalue weighted by atomic mass is 16.1. The summed E-state index contributed by atoms with van der Waals surface area (Å²) in [4.78, 5) is 11.8. The number of hydrogen-bond donors (Lipinski definition) is 0. The molecule has 0 saturated heterocycles. The molecule has 0 saturated carbocycles. The van der Waals surface area contributed by atoms with Gasteiger partial charge in [-0.3, -0.25) is 4.79 Å². The van der Waals surface area contributed by atoms with Gasteiger partial charge in [-0.15, -0.1) is 0 Å². The lowest BCUT2D eigenvalue weighted by molar-refractivity contribution is -0.111. The number of carbonyl (C=O) groups is 1. The van der Waals surface area contributed by atoms with E-state index in [0.717, 1.165) is 16.7 Å². The van der Waals surface area contributed by atoms with E-state index in [1.54, 1.807) is 12.2 Å². The largest absolute Gasteiger partial charge is 0.289 e. The van der Waals surface area contributed by atoms with Crippen LogP contribution in [0.25, 0.3) is 5.57 Å². The number of ketones is 1. The van der Waals surface area contributed by atoms with Crippen LogP contribution >= 0.6 is 0 Å². The van der Waals surface area contributed by atoms with Gasteiger partial charge in [0.05, 0.1) is 0 Å². The molecule has 0 radical (unpaired) electrons. The number of hydrogen-bond acceptors (Lipinski definition) is 1. The number of allylic oxidation sites excluding steroid dienone is 7. The first-order valence-electron chi connectivity index (χ1n) is 7.26. The summed E-state index contributed by atoms with van der Waals surface area (Å²) < 4.78 is 0. The van der Waals surface area contributed by atoms with Gasteiger partial charge in [0, 0.05) is 5.57 Å². The summed E-state index contributed by atoms with van der Waals surface area (Å²) in [5, 5.41) is 0. The molecule has 0 N–H and O–H groups in total. The summed E-state index contributed by atoms with van der Waals surface area (Å²) in [5.74, 6) is 0.0409. The molecule has 1 aliphatic rings. The van der Waals surface area contributed by atoms with Crippen molar-refractivity contribution in [2.45, 2.75) is 0 Å². The predicted molar refractivity (Wildman–Crippen MR) is 91.3 cm³/mol. The maximum Gasteiger partial charge on any atom is 0.185 e. The average Bonchev–Trinajstić information content (AvgIpc) is 2.59. The molecule has 0 fully saturated rings. The van der Waals surface area contributed by atoms with E-state index < -0.39 is 0 Å². The summed E-state index contributed by atoms with van der Waals surface area (Å²) in [6.45, 7) is 0. The Bertz CT molecular complexity index is 734. The van der Waals surface area contributed by atoms with Crippen molar-refractivity contribution in [2.24, 2.45) is 0 Å². The highest BCUT2D eigenvalue weighted by molar-refractivity contribution is 6.07. The molecule has 2 aromatic carbocycles. The van der Waals surface area contributed by atoms with Crippen LogP contribution in [0.3, 0.4) is 0 Å². The van der Waals surface area contributed by atoms with Crippen LogP contribution in [0.15, 0.2) is 103 Å². The van der Waals surface area contributed by atoms with Crippen molar-refractivity contribution in [3.05, 3.63) is 114 Å². The number of rotatable bonds is 3. The monoisotopic (exact) mass is 284 g/mol. The SMILES string of the molecule is O=C1C=CC=C/C1=C\C=C(c1ccccc1)c1ccccc1. The highest BCUT2D eigenvalue weighted by Gasteiger charge is 2.06. The van der Waals surface area contributed by atoms with Crippen LogP contribution in [0.1, 0.15) is 11.1 Å². The molecule has 3 rings (SSSR count). The molecule has 106 valence electrons. The van der Waals surface area contributed by atoms with Crippen molar-refractivity contribution in [1.82, 2.24) is 0 Å². The first-order chi connectivity index (χ1) is 10.8. The van der Waals surface area contributed by atoms with E-state index in [2.05, 4.69) is 24.3 Å². The summed E-state index contributed by atoms with van der Waals surface area (Å²) in [5.41, 5.74) is 4.07. The Morgan fingerprint density at radius 1 is 0.727 bits per heavy atom. The van der Waals surface area contributed by atoms with Crippen LogP contribution in [0, 0.1) is 0 Å². The number of benzene rings is 2. The Hall–Kier alpha value is -2.93. The van der Waals surface area contributed by atoms with Crippen molar-refractivity contribution in [1.29, 1.82) is 0 Å². The fourth-order valence-electron chi connectivity index (χ4n) is 2.39. The van der Waals surface area contributed by atoms with Crippen LogP contribution in [0.4, 0.5) is 0 Å². The van der Waals surface area contributed by atoms with E-state index in [9.17, 15) is 4.79 Å². The lowest BCUT2D eigenvalue weighted by Crippen LogP contribution is -1.98. The van der Waals surface area contributed by atoms with Crippen molar-refractivity contribution >= 4 is 11.4 Å². The third-order valence-electron chi connectivity index (χ3n) is 3.52. The molecule has 22 heavy (non-hydrogen) atoms. The van der Waals surface area contributed by atoms with Gasteiger partial charge in [-0.05, 0) is 22.8 Å². The second-order valence-electron chi connectivity index (χ2n) is 5.02. The number of carbonyl (C=O) groups excluding carboxylic acids is 1. The lowest BCUT2D eigenvalue weighted by Gasteiger charge is -2.08. The van der Waals surface area contributed by atoms with E-state index >= 15 is 0 Å². The lowest BCUT2D eigenvalue weighted by atomic mass is 9.96. The van der Waals surface area contributed by atoms with Gasteiger partial charge in [-0.2, -0.15) is 0 Å². The smallest absolute Gasteiger partial charge is 0.185 e.